The van der Waals surface area contributed by atoms with Crippen LogP contribution in [0.1, 0.15) is 42.7 Å². The number of carbonyl (C=O) groups is 1. The maximum absolute atomic E-state index is 13.3. The van der Waals surface area contributed by atoms with Crippen molar-refractivity contribution in [1.29, 1.82) is 0 Å². The van der Waals surface area contributed by atoms with E-state index in [0.29, 0.717) is 24.4 Å². The fraction of sp³-hybridized carbons (Fsp3) is 0.476. The van der Waals surface area contributed by atoms with Crippen LogP contribution in [0.15, 0.2) is 49.1 Å². The highest BCUT2D eigenvalue weighted by molar-refractivity contribution is 5.78. The predicted molar refractivity (Wildman–Crippen MR) is 98.4 cm³/mol. The number of rotatable bonds is 5. The average Bonchev–Trinajstić information content (AvgIpc) is 3.35. The fourth-order valence-corrected chi connectivity index (χ4v) is 4.77. The van der Waals surface area contributed by atoms with Crippen LogP contribution >= 0.6 is 0 Å². The summed E-state index contributed by atoms with van der Waals surface area (Å²) in [4.78, 5) is 26.1. The first-order valence-electron chi connectivity index (χ1n) is 9.67. The van der Waals surface area contributed by atoms with Gasteiger partial charge >= 0.3 is 6.03 Å². The summed E-state index contributed by atoms with van der Waals surface area (Å²) in [7, 11) is 0. The van der Waals surface area contributed by atoms with E-state index in [9.17, 15) is 4.79 Å². The normalized spacial score (nSPS) is 27.8. The molecule has 3 atom stereocenters. The molecular weight excluding hydrogens is 324 g/mol. The summed E-state index contributed by atoms with van der Waals surface area (Å²) in [6.07, 6.45) is 12.2. The fourth-order valence-electron chi connectivity index (χ4n) is 4.77. The monoisotopic (exact) mass is 348 g/mol. The lowest BCUT2D eigenvalue weighted by Gasteiger charge is -2.28. The summed E-state index contributed by atoms with van der Waals surface area (Å²) >= 11 is 0. The molecule has 3 heterocycles. The molecule has 5 nitrogen and oxygen atoms in total. The Morgan fingerprint density at radius 2 is 1.77 bits per heavy atom. The molecule has 26 heavy (non-hydrogen) atoms. The zero-order valence-corrected chi connectivity index (χ0v) is 14.9. The summed E-state index contributed by atoms with van der Waals surface area (Å²) in [5, 5.41) is 0. The minimum absolute atomic E-state index is 0.212. The molecule has 3 fully saturated rings. The molecule has 2 aliphatic carbocycles. The summed E-state index contributed by atoms with van der Waals surface area (Å²) in [5.74, 6) is 1.10. The second kappa shape index (κ2) is 6.38. The largest absolute Gasteiger partial charge is 0.320 e. The van der Waals surface area contributed by atoms with E-state index in [4.69, 9.17) is 0 Å². The number of carbonyl (C=O) groups excluding carboxylic acids is 1. The second-order valence-corrected chi connectivity index (χ2v) is 7.90. The van der Waals surface area contributed by atoms with E-state index >= 15 is 0 Å². The SMILES string of the molecule is O=C1N(CC2CC2)[C@@H]2[C@H](c3cccnc3)CC[C@@H]2N1Cc1cccnc1. The predicted octanol–water partition coefficient (Wildman–Crippen LogP) is 3.44. The van der Waals surface area contributed by atoms with Gasteiger partial charge in [-0.1, -0.05) is 12.1 Å². The first kappa shape index (κ1) is 15.8. The van der Waals surface area contributed by atoms with Gasteiger partial charge < -0.3 is 9.80 Å². The van der Waals surface area contributed by atoms with Crippen molar-refractivity contribution in [1.82, 2.24) is 19.8 Å². The number of amides is 2. The van der Waals surface area contributed by atoms with Gasteiger partial charge in [-0.25, -0.2) is 4.79 Å². The summed E-state index contributed by atoms with van der Waals surface area (Å²) in [6.45, 7) is 1.58. The molecule has 0 N–H and O–H groups in total. The zero-order chi connectivity index (χ0) is 17.5. The van der Waals surface area contributed by atoms with E-state index in [2.05, 4.69) is 31.9 Å². The van der Waals surface area contributed by atoms with Gasteiger partial charge in [-0.2, -0.15) is 0 Å². The molecule has 2 aromatic heterocycles. The Balaban J connectivity index is 1.45. The van der Waals surface area contributed by atoms with Crippen molar-refractivity contribution in [2.75, 3.05) is 6.54 Å². The van der Waals surface area contributed by atoms with Crippen LogP contribution in [0, 0.1) is 5.92 Å². The van der Waals surface area contributed by atoms with E-state index in [1.807, 2.05) is 30.7 Å². The smallest absolute Gasteiger partial charge is 0.319 e. The number of fused-ring (bicyclic) bond motifs is 1. The molecule has 0 unspecified atom stereocenters. The number of nitrogens with zero attached hydrogens (tertiary/aromatic N) is 4. The Labute approximate surface area is 154 Å². The van der Waals surface area contributed by atoms with E-state index in [-0.39, 0.29) is 12.1 Å². The molecule has 5 heteroatoms. The standard InChI is InChI=1S/C21H24N4O/c26-21-24(14-16-3-1-9-22-11-16)19-8-7-18(17-4-2-10-23-12-17)20(19)25(21)13-15-5-6-15/h1-4,9-12,15,18-20H,5-8,13-14H2/t18-,19-,20+/m0/s1. The highest BCUT2D eigenvalue weighted by Gasteiger charge is 2.53. The van der Waals surface area contributed by atoms with Crippen molar-refractivity contribution in [3.63, 3.8) is 0 Å². The molecule has 0 radical (unpaired) electrons. The van der Waals surface area contributed by atoms with Gasteiger partial charge in [0.1, 0.15) is 0 Å². The van der Waals surface area contributed by atoms with Crippen LogP contribution in [0.4, 0.5) is 4.79 Å². The average molecular weight is 348 g/mol. The summed E-state index contributed by atoms with van der Waals surface area (Å²) in [5.41, 5.74) is 2.38. The molecule has 2 saturated carbocycles. The highest BCUT2D eigenvalue weighted by atomic mass is 16.2. The van der Waals surface area contributed by atoms with Crippen molar-refractivity contribution >= 4 is 6.03 Å². The summed E-state index contributed by atoms with van der Waals surface area (Å²) < 4.78 is 0. The number of hydrogen-bond acceptors (Lipinski definition) is 3. The number of pyridine rings is 2. The minimum Gasteiger partial charge on any atom is -0.319 e. The molecule has 1 aliphatic heterocycles. The molecule has 0 aromatic carbocycles. The third-order valence-electron chi connectivity index (χ3n) is 6.17. The lowest BCUT2D eigenvalue weighted by molar-refractivity contribution is 0.175. The summed E-state index contributed by atoms with van der Waals surface area (Å²) in [6, 6.07) is 8.98. The van der Waals surface area contributed by atoms with Crippen molar-refractivity contribution in [3.05, 3.63) is 60.2 Å². The molecule has 1 saturated heterocycles. The van der Waals surface area contributed by atoms with Gasteiger partial charge in [0.15, 0.2) is 0 Å². The first-order valence-corrected chi connectivity index (χ1v) is 9.67. The molecule has 3 aliphatic rings. The Morgan fingerprint density at radius 3 is 2.46 bits per heavy atom. The van der Waals surface area contributed by atoms with Crippen LogP contribution in [-0.4, -0.2) is 44.4 Å². The van der Waals surface area contributed by atoms with Gasteiger partial charge in [-0.05, 0) is 54.9 Å². The molecule has 0 bridgehead atoms. The highest BCUT2D eigenvalue weighted by Crippen LogP contribution is 2.46. The molecule has 2 aromatic rings. The quantitative estimate of drug-likeness (QED) is 0.832. The van der Waals surface area contributed by atoms with Crippen molar-refractivity contribution < 1.29 is 4.79 Å². The van der Waals surface area contributed by atoms with Crippen LogP contribution in [0.2, 0.25) is 0 Å². The van der Waals surface area contributed by atoms with E-state index in [0.717, 1.165) is 24.9 Å². The first-order chi connectivity index (χ1) is 12.8. The molecule has 5 rings (SSSR count). The van der Waals surface area contributed by atoms with Gasteiger partial charge in [0.25, 0.3) is 0 Å². The third kappa shape index (κ3) is 2.75. The molecule has 0 spiro atoms. The van der Waals surface area contributed by atoms with Crippen LogP contribution in [0.5, 0.6) is 0 Å². The Bertz CT molecular complexity index is 777. The van der Waals surface area contributed by atoms with Crippen molar-refractivity contribution in [2.24, 2.45) is 5.92 Å². The van der Waals surface area contributed by atoms with Gasteiger partial charge in [-0.15, -0.1) is 0 Å². The minimum atomic E-state index is 0.212. The number of aromatic nitrogens is 2. The third-order valence-corrected chi connectivity index (χ3v) is 6.17. The molecular formula is C21H24N4O. The van der Waals surface area contributed by atoms with Gasteiger partial charge in [0, 0.05) is 43.8 Å². The van der Waals surface area contributed by atoms with Crippen LogP contribution in [0.3, 0.4) is 0 Å². The maximum atomic E-state index is 13.3. The Kier molecular flexibility index (Phi) is 3.88. The Morgan fingerprint density at radius 1 is 0.962 bits per heavy atom. The topological polar surface area (TPSA) is 49.3 Å². The number of urea groups is 1. The van der Waals surface area contributed by atoms with Crippen LogP contribution in [0.25, 0.3) is 0 Å². The lowest BCUT2D eigenvalue weighted by atomic mass is 9.94. The van der Waals surface area contributed by atoms with Crippen LogP contribution in [-0.2, 0) is 6.54 Å². The lowest BCUT2D eigenvalue weighted by Crippen LogP contribution is -2.39. The van der Waals surface area contributed by atoms with Crippen LogP contribution < -0.4 is 0 Å². The van der Waals surface area contributed by atoms with E-state index in [1.54, 1.807) is 6.20 Å². The zero-order valence-electron chi connectivity index (χ0n) is 14.9. The van der Waals surface area contributed by atoms with Gasteiger partial charge in [-0.3, -0.25) is 9.97 Å². The van der Waals surface area contributed by atoms with E-state index < -0.39 is 0 Å². The van der Waals surface area contributed by atoms with Crippen molar-refractivity contribution in [3.8, 4) is 0 Å². The van der Waals surface area contributed by atoms with Crippen molar-refractivity contribution in [2.45, 2.75) is 50.2 Å². The van der Waals surface area contributed by atoms with E-state index in [1.165, 1.54) is 18.4 Å². The van der Waals surface area contributed by atoms with Gasteiger partial charge in [0.2, 0.25) is 0 Å². The van der Waals surface area contributed by atoms with Gasteiger partial charge in [0.05, 0.1) is 12.1 Å². The Hall–Kier alpha value is -2.43. The number of hydrogen-bond donors (Lipinski definition) is 0. The molecule has 134 valence electrons. The maximum Gasteiger partial charge on any atom is 0.320 e. The second-order valence-electron chi connectivity index (χ2n) is 7.90. The molecule has 2 amide bonds.